The molecule has 1 saturated heterocycles. The topological polar surface area (TPSA) is 58.4 Å². The molecule has 0 bridgehead atoms. The molecule has 19 heavy (non-hydrogen) atoms. The third-order valence-corrected chi connectivity index (χ3v) is 4.20. The van der Waals surface area contributed by atoms with Crippen LogP contribution in [0.3, 0.4) is 0 Å². The molecule has 1 aliphatic carbocycles. The normalized spacial score (nSPS) is 28.1. The van der Waals surface area contributed by atoms with E-state index in [-0.39, 0.29) is 0 Å². The molecule has 6 nitrogen and oxygen atoms in total. The van der Waals surface area contributed by atoms with Crippen LogP contribution in [0.25, 0.3) is 5.65 Å². The third-order valence-electron chi connectivity index (χ3n) is 4.20. The summed E-state index contributed by atoms with van der Waals surface area (Å²) in [7, 11) is 0. The number of aromatic nitrogens is 4. The molecule has 100 valence electrons. The summed E-state index contributed by atoms with van der Waals surface area (Å²) in [5.41, 5.74) is 0.806. The van der Waals surface area contributed by atoms with Gasteiger partial charge in [0.05, 0.1) is 0 Å². The van der Waals surface area contributed by atoms with Crippen molar-refractivity contribution in [2.24, 2.45) is 0 Å². The first kappa shape index (κ1) is 11.2. The largest absolute Gasteiger partial charge is 0.363 e. The fourth-order valence-electron chi connectivity index (χ4n) is 3.13. The number of hydrogen-bond donors (Lipinski definition) is 1. The first-order valence-corrected chi connectivity index (χ1v) is 6.98. The molecule has 0 spiro atoms. The van der Waals surface area contributed by atoms with E-state index in [4.69, 9.17) is 0 Å². The minimum Gasteiger partial charge on any atom is -0.363 e. The minimum atomic E-state index is 0.464. The van der Waals surface area contributed by atoms with Gasteiger partial charge in [0.1, 0.15) is 6.33 Å². The van der Waals surface area contributed by atoms with E-state index in [0.29, 0.717) is 12.1 Å². The second-order valence-corrected chi connectivity index (χ2v) is 5.69. The van der Waals surface area contributed by atoms with Gasteiger partial charge in [-0.05, 0) is 26.2 Å². The Hall–Kier alpha value is -1.69. The van der Waals surface area contributed by atoms with E-state index < -0.39 is 0 Å². The van der Waals surface area contributed by atoms with Crippen LogP contribution in [0.2, 0.25) is 0 Å². The van der Waals surface area contributed by atoms with Crippen LogP contribution in [-0.4, -0.2) is 49.2 Å². The second-order valence-electron chi connectivity index (χ2n) is 5.69. The Kier molecular flexibility index (Phi) is 2.44. The zero-order valence-electron chi connectivity index (χ0n) is 11.0. The molecule has 1 saturated carbocycles. The SMILES string of the molecule is CC1CC(Nc2nccn3cnnc23)CN1C1CC1. The highest BCUT2D eigenvalue weighted by atomic mass is 15.3. The lowest BCUT2D eigenvalue weighted by atomic mass is 10.2. The maximum atomic E-state index is 4.40. The average molecular weight is 258 g/mol. The summed E-state index contributed by atoms with van der Waals surface area (Å²) in [4.78, 5) is 7.03. The molecular formula is C13H18N6. The Morgan fingerprint density at radius 3 is 3.11 bits per heavy atom. The van der Waals surface area contributed by atoms with Crippen molar-refractivity contribution in [1.82, 2.24) is 24.5 Å². The van der Waals surface area contributed by atoms with Crippen molar-refractivity contribution in [2.75, 3.05) is 11.9 Å². The zero-order valence-corrected chi connectivity index (χ0v) is 11.0. The number of nitrogens with zero attached hydrogens (tertiary/aromatic N) is 5. The summed E-state index contributed by atoms with van der Waals surface area (Å²) in [6, 6.07) is 1.97. The average Bonchev–Trinajstić information content (AvgIpc) is 3.00. The second kappa shape index (κ2) is 4.16. The zero-order chi connectivity index (χ0) is 12.8. The molecule has 2 aromatic heterocycles. The number of hydrogen-bond acceptors (Lipinski definition) is 5. The fourth-order valence-corrected chi connectivity index (χ4v) is 3.13. The Morgan fingerprint density at radius 2 is 2.26 bits per heavy atom. The van der Waals surface area contributed by atoms with E-state index in [1.54, 1.807) is 12.5 Å². The Morgan fingerprint density at radius 1 is 1.37 bits per heavy atom. The van der Waals surface area contributed by atoms with Crippen molar-refractivity contribution < 1.29 is 0 Å². The molecule has 2 fully saturated rings. The van der Waals surface area contributed by atoms with Gasteiger partial charge in [-0.25, -0.2) is 4.98 Å². The number of likely N-dealkylation sites (tertiary alicyclic amines) is 1. The minimum absolute atomic E-state index is 0.464. The van der Waals surface area contributed by atoms with Crippen LogP contribution in [-0.2, 0) is 0 Å². The number of nitrogens with one attached hydrogen (secondary N) is 1. The standard InChI is InChI=1S/C13H18N6/c1-9-6-10(7-19(9)11-2-3-11)16-12-13-17-15-8-18(13)5-4-14-12/h4-5,8-11H,2-3,6-7H2,1H3,(H,14,16). The van der Waals surface area contributed by atoms with Gasteiger partial charge in [-0.2, -0.15) is 0 Å². The number of rotatable bonds is 3. The molecule has 3 heterocycles. The van der Waals surface area contributed by atoms with Gasteiger partial charge in [0.15, 0.2) is 5.82 Å². The van der Waals surface area contributed by atoms with E-state index in [2.05, 4.69) is 32.3 Å². The van der Waals surface area contributed by atoms with Crippen molar-refractivity contribution in [1.29, 1.82) is 0 Å². The molecule has 1 aliphatic heterocycles. The van der Waals surface area contributed by atoms with Crippen molar-refractivity contribution in [3.63, 3.8) is 0 Å². The van der Waals surface area contributed by atoms with E-state index in [1.165, 1.54) is 19.3 Å². The monoisotopic (exact) mass is 258 g/mol. The molecule has 0 radical (unpaired) electrons. The van der Waals surface area contributed by atoms with Crippen molar-refractivity contribution in [2.45, 2.75) is 44.3 Å². The molecule has 2 aliphatic rings. The summed E-state index contributed by atoms with van der Waals surface area (Å²) >= 11 is 0. The van der Waals surface area contributed by atoms with Crippen LogP contribution >= 0.6 is 0 Å². The summed E-state index contributed by atoms with van der Waals surface area (Å²) in [6.07, 6.45) is 9.28. The number of fused-ring (bicyclic) bond motifs is 1. The van der Waals surface area contributed by atoms with Gasteiger partial charge in [-0.3, -0.25) is 9.30 Å². The van der Waals surface area contributed by atoms with Gasteiger partial charge < -0.3 is 5.32 Å². The summed E-state index contributed by atoms with van der Waals surface area (Å²) < 4.78 is 1.90. The summed E-state index contributed by atoms with van der Waals surface area (Å²) in [6.45, 7) is 3.44. The van der Waals surface area contributed by atoms with Crippen molar-refractivity contribution >= 4 is 11.5 Å². The van der Waals surface area contributed by atoms with Crippen LogP contribution in [0.4, 0.5) is 5.82 Å². The highest BCUT2D eigenvalue weighted by Gasteiger charge is 2.38. The summed E-state index contributed by atoms with van der Waals surface area (Å²) in [5, 5.41) is 11.6. The molecule has 0 amide bonds. The maximum absolute atomic E-state index is 4.40. The van der Waals surface area contributed by atoms with E-state index in [0.717, 1.165) is 24.1 Å². The van der Waals surface area contributed by atoms with E-state index in [1.807, 2.05) is 10.6 Å². The van der Waals surface area contributed by atoms with Crippen molar-refractivity contribution in [3.8, 4) is 0 Å². The first-order valence-electron chi connectivity index (χ1n) is 6.98. The lowest BCUT2D eigenvalue weighted by Gasteiger charge is -2.19. The molecule has 0 aromatic carbocycles. The van der Waals surface area contributed by atoms with Crippen LogP contribution in [0, 0.1) is 0 Å². The smallest absolute Gasteiger partial charge is 0.203 e. The molecule has 2 atom stereocenters. The molecule has 4 rings (SSSR count). The Labute approximate surface area is 111 Å². The predicted octanol–water partition coefficient (Wildman–Crippen LogP) is 1.16. The van der Waals surface area contributed by atoms with Gasteiger partial charge in [0.25, 0.3) is 0 Å². The number of anilines is 1. The molecule has 6 heteroatoms. The highest BCUT2D eigenvalue weighted by molar-refractivity contribution is 5.61. The van der Waals surface area contributed by atoms with Gasteiger partial charge in [-0.15, -0.1) is 10.2 Å². The summed E-state index contributed by atoms with van der Waals surface area (Å²) in [5.74, 6) is 0.842. The maximum Gasteiger partial charge on any atom is 0.203 e. The van der Waals surface area contributed by atoms with Gasteiger partial charge >= 0.3 is 0 Å². The Balaban J connectivity index is 1.54. The van der Waals surface area contributed by atoms with Crippen LogP contribution in [0.1, 0.15) is 26.2 Å². The van der Waals surface area contributed by atoms with Crippen LogP contribution in [0.5, 0.6) is 0 Å². The van der Waals surface area contributed by atoms with Gasteiger partial charge in [-0.1, -0.05) is 0 Å². The fraction of sp³-hybridized carbons (Fsp3) is 0.615. The van der Waals surface area contributed by atoms with Gasteiger partial charge in [0, 0.05) is 37.1 Å². The Bertz CT molecular complexity index is 590. The predicted molar refractivity (Wildman–Crippen MR) is 72.0 cm³/mol. The van der Waals surface area contributed by atoms with Crippen molar-refractivity contribution in [3.05, 3.63) is 18.7 Å². The van der Waals surface area contributed by atoms with E-state index in [9.17, 15) is 0 Å². The molecule has 1 N–H and O–H groups in total. The third kappa shape index (κ3) is 1.96. The highest BCUT2D eigenvalue weighted by Crippen LogP contribution is 2.34. The van der Waals surface area contributed by atoms with Gasteiger partial charge in [0.2, 0.25) is 5.65 Å². The van der Waals surface area contributed by atoms with Crippen LogP contribution < -0.4 is 5.32 Å². The molecular weight excluding hydrogens is 240 g/mol. The first-order chi connectivity index (χ1) is 9.31. The molecule has 2 unspecified atom stereocenters. The lowest BCUT2D eigenvalue weighted by Crippen LogP contribution is -2.31. The van der Waals surface area contributed by atoms with Crippen LogP contribution in [0.15, 0.2) is 18.7 Å². The molecule has 2 aromatic rings. The lowest BCUT2D eigenvalue weighted by molar-refractivity contribution is 0.257. The quantitative estimate of drug-likeness (QED) is 0.895. The van der Waals surface area contributed by atoms with E-state index >= 15 is 0 Å².